The number of phenolic OH excluding ortho intramolecular Hbond substituents is 1. The molecule has 0 radical (unpaired) electrons. The number of aromatic hydroxyl groups is 1. The number of likely N-dealkylation sites (tertiary alicyclic amines) is 1. The number of phenols is 1. The minimum atomic E-state index is -4.40. The van der Waals surface area contributed by atoms with E-state index in [1.165, 1.54) is 0 Å². The van der Waals surface area contributed by atoms with Crippen molar-refractivity contribution >= 4 is 21.8 Å². The molecule has 0 bridgehead atoms. The lowest BCUT2D eigenvalue weighted by atomic mass is 9.78. The number of benzene rings is 1. The molecule has 0 amide bonds. The summed E-state index contributed by atoms with van der Waals surface area (Å²) >= 11 is 0. The summed E-state index contributed by atoms with van der Waals surface area (Å²) in [6.07, 6.45) is 3.95. The first kappa shape index (κ1) is 43.6. The fourth-order valence-electron chi connectivity index (χ4n) is 10.0. The van der Waals surface area contributed by atoms with Gasteiger partial charge >= 0.3 is 11.9 Å². The quantitative estimate of drug-likeness (QED) is 0.241. The molecule has 2 aliphatic heterocycles. The van der Waals surface area contributed by atoms with Crippen molar-refractivity contribution in [3.63, 3.8) is 0 Å². The van der Waals surface area contributed by atoms with Gasteiger partial charge in [-0.1, -0.05) is 46.1 Å². The van der Waals surface area contributed by atoms with Gasteiger partial charge in [-0.3, -0.25) is 14.5 Å². The van der Waals surface area contributed by atoms with Crippen LogP contribution in [0.3, 0.4) is 0 Å². The van der Waals surface area contributed by atoms with E-state index in [2.05, 4.69) is 72.7 Å². The first-order valence-corrected chi connectivity index (χ1v) is 21.5. The van der Waals surface area contributed by atoms with Crippen molar-refractivity contribution < 1.29 is 32.6 Å². The molecule has 1 saturated carbocycles. The van der Waals surface area contributed by atoms with E-state index in [-0.39, 0.29) is 39.7 Å². The summed E-state index contributed by atoms with van der Waals surface area (Å²) in [7, 11) is -2.33. The molecule has 2 atom stereocenters. The molecule has 2 unspecified atom stereocenters. The molecule has 1 aliphatic carbocycles. The number of carbonyl (C=O) groups excluding carboxylic acids is 2. The average Bonchev–Trinajstić information content (AvgIpc) is 2.99. The topological polar surface area (TPSA) is 122 Å². The maximum Gasteiger partial charge on any atom is 0.329 e. The van der Waals surface area contributed by atoms with Crippen LogP contribution in [0.15, 0.2) is 6.07 Å². The van der Waals surface area contributed by atoms with Crippen LogP contribution in [0.4, 0.5) is 0 Å². The van der Waals surface area contributed by atoms with E-state index < -0.39 is 49.9 Å². The van der Waals surface area contributed by atoms with Crippen LogP contribution in [0.2, 0.25) is 0 Å². The van der Waals surface area contributed by atoms with Gasteiger partial charge in [0.2, 0.25) is 0 Å². The van der Waals surface area contributed by atoms with Crippen LogP contribution in [0, 0.1) is 19.8 Å². The molecule has 1 aromatic rings. The van der Waals surface area contributed by atoms with Gasteiger partial charge in [-0.25, -0.2) is 8.42 Å². The third kappa shape index (κ3) is 8.80. The number of ether oxygens (including phenoxy) is 2. The Hall–Kier alpha value is -2.17. The molecular formula is C43H72N2O7S. The zero-order valence-electron chi connectivity index (χ0n) is 35.7. The lowest BCUT2D eigenvalue weighted by molar-refractivity contribution is -0.171. The molecule has 2 N–H and O–H groups in total. The molecule has 2 heterocycles. The smallest absolute Gasteiger partial charge is 0.329 e. The third-order valence-electron chi connectivity index (χ3n) is 13.0. The minimum absolute atomic E-state index is 0.0728. The molecule has 3 aliphatic rings. The van der Waals surface area contributed by atoms with Gasteiger partial charge in [0, 0.05) is 54.3 Å². The summed E-state index contributed by atoms with van der Waals surface area (Å²) < 4.78 is 41.7. The monoisotopic (exact) mass is 761 g/mol. The van der Waals surface area contributed by atoms with E-state index in [1.807, 2.05) is 33.8 Å². The molecule has 4 rings (SSSR count). The molecule has 0 spiro atoms. The molecule has 302 valence electrons. The number of hydrogen-bond acceptors (Lipinski definition) is 9. The Balaban J connectivity index is 1.94. The van der Waals surface area contributed by atoms with Crippen LogP contribution < -0.4 is 5.32 Å². The summed E-state index contributed by atoms with van der Waals surface area (Å²) in [6.45, 7) is 28.0. The van der Waals surface area contributed by atoms with E-state index in [1.54, 1.807) is 13.8 Å². The fourth-order valence-corrected chi connectivity index (χ4v) is 12.8. The minimum Gasteiger partial charge on any atom is -0.507 e. The SMILES string of the molecule is Cc1cc(C(C)(C)C)c(O)c(C)c1CC(C(=O)OC1CC(C)(C)N(C)C(C)(C)C1)(C(C)C(=O)OC1CC(C)(C)NC(C)(C)C1)S(=O)(=O)C1CCCCC1. The number of nitrogens with one attached hydrogen (secondary N) is 1. The number of esters is 2. The zero-order chi connectivity index (χ0) is 40.3. The second-order valence-electron chi connectivity index (χ2n) is 20.5. The van der Waals surface area contributed by atoms with E-state index in [9.17, 15) is 9.90 Å². The molecule has 10 heteroatoms. The van der Waals surface area contributed by atoms with Crippen LogP contribution in [0.1, 0.15) is 163 Å². The molecule has 0 aromatic heterocycles. The predicted molar refractivity (Wildman–Crippen MR) is 213 cm³/mol. The third-order valence-corrected chi connectivity index (χ3v) is 16.1. The highest BCUT2D eigenvalue weighted by atomic mass is 32.2. The number of piperidine rings is 2. The van der Waals surface area contributed by atoms with Crippen molar-refractivity contribution in [3.05, 3.63) is 28.3 Å². The van der Waals surface area contributed by atoms with Gasteiger partial charge in [-0.15, -0.1) is 0 Å². The number of nitrogens with zero attached hydrogens (tertiary/aromatic N) is 1. The largest absolute Gasteiger partial charge is 0.507 e. The summed E-state index contributed by atoms with van der Waals surface area (Å²) in [5, 5.41) is 14.4. The number of carbonyl (C=O) groups is 2. The summed E-state index contributed by atoms with van der Waals surface area (Å²) in [5.74, 6) is -2.92. The highest BCUT2D eigenvalue weighted by Gasteiger charge is 2.62. The Bertz CT molecular complexity index is 1610. The second kappa shape index (κ2) is 14.7. The lowest BCUT2D eigenvalue weighted by Gasteiger charge is -2.53. The Labute approximate surface area is 321 Å². The van der Waals surface area contributed by atoms with Gasteiger partial charge in [0.1, 0.15) is 18.0 Å². The molecule has 1 aromatic carbocycles. The standard InChI is InChI=1S/C43H72N2O7S/c1-27-21-34(38(4,5)6)35(46)28(2)33(27)26-43(53(49,50)32-19-17-16-18-20-32,37(48)52-31-24-41(11,12)45(15)42(13,14)25-31)29(3)36(47)51-30-22-39(7,8)44-40(9,10)23-30/h21,29-32,44,46H,16-20,22-26H2,1-15H3. The van der Waals surface area contributed by atoms with Crippen LogP contribution >= 0.6 is 0 Å². The maximum absolute atomic E-state index is 15.6. The highest BCUT2D eigenvalue weighted by Crippen LogP contribution is 2.46. The molecule has 2 saturated heterocycles. The van der Waals surface area contributed by atoms with Gasteiger partial charge < -0.3 is 19.9 Å². The van der Waals surface area contributed by atoms with E-state index in [0.29, 0.717) is 49.7 Å². The Morgan fingerprint density at radius 3 is 1.87 bits per heavy atom. The van der Waals surface area contributed by atoms with Crippen molar-refractivity contribution in [1.82, 2.24) is 10.2 Å². The predicted octanol–water partition coefficient (Wildman–Crippen LogP) is 8.02. The van der Waals surface area contributed by atoms with Crippen LogP contribution in [0.5, 0.6) is 5.75 Å². The number of rotatable bonds is 9. The van der Waals surface area contributed by atoms with Gasteiger partial charge in [0.15, 0.2) is 14.6 Å². The van der Waals surface area contributed by atoms with Crippen molar-refractivity contribution in [3.8, 4) is 5.75 Å². The molecule has 3 fully saturated rings. The van der Waals surface area contributed by atoms with Gasteiger partial charge in [-0.2, -0.15) is 0 Å². The lowest BCUT2D eigenvalue weighted by Crippen LogP contribution is -2.64. The molecule has 9 nitrogen and oxygen atoms in total. The van der Waals surface area contributed by atoms with Crippen LogP contribution in [-0.2, 0) is 40.7 Å². The number of sulfone groups is 1. The Morgan fingerprint density at radius 2 is 1.38 bits per heavy atom. The highest BCUT2D eigenvalue weighted by molar-refractivity contribution is 7.94. The van der Waals surface area contributed by atoms with Crippen LogP contribution in [-0.4, -0.2) is 81.8 Å². The van der Waals surface area contributed by atoms with Gasteiger partial charge in [0.05, 0.1) is 11.2 Å². The maximum atomic E-state index is 15.6. The molecular weight excluding hydrogens is 689 g/mol. The van der Waals surface area contributed by atoms with Crippen molar-refractivity contribution in [2.45, 2.75) is 211 Å². The van der Waals surface area contributed by atoms with E-state index in [4.69, 9.17) is 9.47 Å². The molecule has 53 heavy (non-hydrogen) atoms. The number of aryl methyl sites for hydroxylation is 1. The van der Waals surface area contributed by atoms with E-state index >= 15 is 13.2 Å². The zero-order valence-corrected chi connectivity index (χ0v) is 36.5. The first-order valence-electron chi connectivity index (χ1n) is 20.0. The van der Waals surface area contributed by atoms with Gasteiger partial charge in [0.25, 0.3) is 0 Å². The van der Waals surface area contributed by atoms with Crippen LogP contribution in [0.25, 0.3) is 0 Å². The van der Waals surface area contributed by atoms with Crippen molar-refractivity contribution in [2.24, 2.45) is 5.92 Å². The first-order chi connectivity index (χ1) is 24.0. The van der Waals surface area contributed by atoms with Crippen molar-refractivity contribution in [2.75, 3.05) is 7.05 Å². The van der Waals surface area contributed by atoms with Gasteiger partial charge in [-0.05, 0) is 124 Å². The summed E-state index contributed by atoms with van der Waals surface area (Å²) in [4.78, 5) is 32.4. The summed E-state index contributed by atoms with van der Waals surface area (Å²) in [5.41, 5.74) is 0.836. The van der Waals surface area contributed by atoms with E-state index in [0.717, 1.165) is 30.4 Å². The summed E-state index contributed by atoms with van der Waals surface area (Å²) in [6, 6.07) is 1.89. The normalized spacial score (nSPS) is 24.6. The second-order valence-corrected chi connectivity index (χ2v) is 23.0. The Morgan fingerprint density at radius 1 is 0.887 bits per heavy atom. The average molecular weight is 761 g/mol. The number of hydrogen-bond donors (Lipinski definition) is 2. The fraction of sp³-hybridized carbons (Fsp3) is 0.814. The Kier molecular flexibility index (Phi) is 12.1. The van der Waals surface area contributed by atoms with Crippen molar-refractivity contribution in [1.29, 1.82) is 0 Å².